The van der Waals surface area contributed by atoms with Crippen molar-refractivity contribution in [2.45, 2.75) is 37.5 Å². The monoisotopic (exact) mass is 305 g/mol. The molecule has 118 valence electrons. The normalized spacial score (nSPS) is 22.4. The van der Waals surface area contributed by atoms with Crippen LogP contribution in [0.15, 0.2) is 30.3 Å². The van der Waals surface area contributed by atoms with E-state index in [0.29, 0.717) is 6.61 Å². The lowest BCUT2D eigenvalue weighted by Gasteiger charge is -2.39. The van der Waals surface area contributed by atoms with Crippen molar-refractivity contribution in [1.29, 1.82) is 0 Å². The molecule has 1 saturated heterocycles. The van der Waals surface area contributed by atoms with E-state index >= 15 is 0 Å². The van der Waals surface area contributed by atoms with Crippen molar-refractivity contribution < 1.29 is 24.2 Å². The van der Waals surface area contributed by atoms with E-state index in [4.69, 9.17) is 14.6 Å². The summed E-state index contributed by atoms with van der Waals surface area (Å²) in [6, 6.07) is 9.48. The lowest BCUT2D eigenvalue weighted by atomic mass is 10.1. The first-order valence-corrected chi connectivity index (χ1v) is 7.41. The fourth-order valence-corrected chi connectivity index (χ4v) is 2.74. The fourth-order valence-electron chi connectivity index (χ4n) is 2.74. The summed E-state index contributed by atoms with van der Waals surface area (Å²) < 4.78 is 11.0. The molecule has 1 aliphatic carbocycles. The third-order valence-electron chi connectivity index (χ3n) is 4.20. The van der Waals surface area contributed by atoms with Gasteiger partial charge in [-0.15, -0.1) is 0 Å². The number of carbonyl (C=O) groups is 2. The standard InChI is InChI=1S/C16H19NO5/c18-14(19)8-13-9-17(16(6-7-16)11-22-13)15(20)21-10-12-4-2-1-3-5-12/h1-5,13H,6-11H2,(H,18,19). The maximum Gasteiger partial charge on any atom is 0.410 e. The molecular weight excluding hydrogens is 286 g/mol. The average molecular weight is 305 g/mol. The third kappa shape index (κ3) is 3.22. The zero-order chi connectivity index (χ0) is 15.6. The van der Waals surface area contributed by atoms with Crippen molar-refractivity contribution in [3.63, 3.8) is 0 Å². The molecule has 6 heteroatoms. The number of aliphatic carboxylic acids is 1. The van der Waals surface area contributed by atoms with Crippen LogP contribution in [0.1, 0.15) is 24.8 Å². The first-order chi connectivity index (χ1) is 10.6. The summed E-state index contributed by atoms with van der Waals surface area (Å²) >= 11 is 0. The van der Waals surface area contributed by atoms with Gasteiger partial charge in [-0.1, -0.05) is 30.3 Å². The Morgan fingerprint density at radius 2 is 2.05 bits per heavy atom. The topological polar surface area (TPSA) is 76.1 Å². The quantitative estimate of drug-likeness (QED) is 0.921. The first-order valence-electron chi connectivity index (χ1n) is 7.41. The molecule has 1 atom stereocenters. The van der Waals surface area contributed by atoms with Gasteiger partial charge in [0.05, 0.1) is 31.2 Å². The SMILES string of the molecule is O=C(O)CC1CN(C(=O)OCc2ccccc2)C2(CC2)CO1. The van der Waals surface area contributed by atoms with Crippen LogP contribution in [0, 0.1) is 0 Å². The molecule has 3 rings (SSSR count). The molecule has 1 amide bonds. The van der Waals surface area contributed by atoms with E-state index < -0.39 is 12.1 Å². The number of hydrogen-bond acceptors (Lipinski definition) is 4. The predicted octanol–water partition coefficient (Wildman–Crippen LogP) is 2.03. The van der Waals surface area contributed by atoms with Crippen LogP contribution in [0.3, 0.4) is 0 Å². The molecular formula is C16H19NO5. The molecule has 22 heavy (non-hydrogen) atoms. The maximum absolute atomic E-state index is 12.4. The second-order valence-electron chi connectivity index (χ2n) is 5.91. The fraction of sp³-hybridized carbons (Fsp3) is 0.500. The van der Waals surface area contributed by atoms with Gasteiger partial charge in [0.25, 0.3) is 0 Å². The predicted molar refractivity (Wildman–Crippen MR) is 77.3 cm³/mol. The Morgan fingerprint density at radius 1 is 1.32 bits per heavy atom. The number of morpholine rings is 1. The van der Waals surface area contributed by atoms with Gasteiger partial charge in [0.2, 0.25) is 0 Å². The van der Waals surface area contributed by atoms with Crippen LogP contribution in [-0.4, -0.2) is 46.9 Å². The number of amides is 1. The zero-order valence-corrected chi connectivity index (χ0v) is 12.2. The number of carboxylic acids is 1. The third-order valence-corrected chi connectivity index (χ3v) is 4.20. The molecule has 6 nitrogen and oxygen atoms in total. The van der Waals surface area contributed by atoms with Crippen molar-refractivity contribution >= 4 is 12.1 Å². The van der Waals surface area contributed by atoms with E-state index in [1.807, 2.05) is 30.3 Å². The van der Waals surface area contributed by atoms with Crippen molar-refractivity contribution in [2.75, 3.05) is 13.2 Å². The van der Waals surface area contributed by atoms with E-state index in [0.717, 1.165) is 18.4 Å². The minimum absolute atomic E-state index is 0.0987. The Morgan fingerprint density at radius 3 is 2.68 bits per heavy atom. The molecule has 2 aliphatic rings. The van der Waals surface area contributed by atoms with Gasteiger partial charge < -0.3 is 14.6 Å². The summed E-state index contributed by atoms with van der Waals surface area (Å²) in [4.78, 5) is 24.8. The van der Waals surface area contributed by atoms with E-state index in [1.54, 1.807) is 4.90 Å². The van der Waals surface area contributed by atoms with E-state index in [1.165, 1.54) is 0 Å². The van der Waals surface area contributed by atoms with Gasteiger partial charge in [0, 0.05) is 0 Å². The summed E-state index contributed by atoms with van der Waals surface area (Å²) in [7, 11) is 0. The minimum atomic E-state index is -0.922. The lowest BCUT2D eigenvalue weighted by molar-refractivity contribution is -0.143. The molecule has 1 N–H and O–H groups in total. The molecule has 0 aromatic heterocycles. The second-order valence-corrected chi connectivity index (χ2v) is 5.91. The largest absolute Gasteiger partial charge is 0.481 e. The minimum Gasteiger partial charge on any atom is -0.481 e. The van der Waals surface area contributed by atoms with Crippen LogP contribution >= 0.6 is 0 Å². The van der Waals surface area contributed by atoms with Crippen LogP contribution in [0.5, 0.6) is 0 Å². The highest BCUT2D eigenvalue weighted by atomic mass is 16.6. The van der Waals surface area contributed by atoms with Crippen LogP contribution in [0.2, 0.25) is 0 Å². The van der Waals surface area contributed by atoms with Gasteiger partial charge in [0.1, 0.15) is 6.61 Å². The van der Waals surface area contributed by atoms with Gasteiger partial charge in [-0.2, -0.15) is 0 Å². The van der Waals surface area contributed by atoms with Crippen LogP contribution < -0.4 is 0 Å². The highest BCUT2D eigenvalue weighted by Crippen LogP contribution is 2.45. The smallest absolute Gasteiger partial charge is 0.410 e. The second kappa shape index (κ2) is 5.96. The number of rotatable bonds is 4. The zero-order valence-electron chi connectivity index (χ0n) is 12.2. The highest BCUT2D eigenvalue weighted by molar-refractivity contribution is 5.71. The van der Waals surface area contributed by atoms with Gasteiger partial charge in [0.15, 0.2) is 0 Å². The van der Waals surface area contributed by atoms with Crippen molar-refractivity contribution in [3.8, 4) is 0 Å². The number of ether oxygens (including phenoxy) is 2. The van der Waals surface area contributed by atoms with Gasteiger partial charge in [-0.05, 0) is 18.4 Å². The molecule has 1 spiro atoms. The van der Waals surface area contributed by atoms with Gasteiger partial charge in [-0.3, -0.25) is 9.69 Å². The molecule has 1 aromatic carbocycles. The number of carboxylic acid groups (broad SMARTS) is 1. The van der Waals surface area contributed by atoms with Crippen LogP contribution in [0.25, 0.3) is 0 Å². The molecule has 1 unspecified atom stereocenters. The number of hydrogen-bond donors (Lipinski definition) is 1. The Kier molecular flexibility index (Phi) is 4.02. The van der Waals surface area contributed by atoms with Crippen molar-refractivity contribution in [1.82, 2.24) is 4.90 Å². The van der Waals surface area contributed by atoms with E-state index in [-0.39, 0.29) is 31.2 Å². The van der Waals surface area contributed by atoms with E-state index in [2.05, 4.69) is 0 Å². The lowest BCUT2D eigenvalue weighted by Crippen LogP contribution is -2.54. The summed E-state index contributed by atoms with van der Waals surface area (Å²) in [5.74, 6) is -0.922. The Labute approximate surface area is 128 Å². The molecule has 0 bridgehead atoms. The summed E-state index contributed by atoms with van der Waals surface area (Å²) in [6.45, 7) is 0.891. The summed E-state index contributed by atoms with van der Waals surface area (Å²) in [5.41, 5.74) is 0.652. The molecule has 1 aromatic rings. The van der Waals surface area contributed by atoms with E-state index in [9.17, 15) is 9.59 Å². The van der Waals surface area contributed by atoms with Gasteiger partial charge in [-0.25, -0.2) is 4.79 Å². The molecule has 2 fully saturated rings. The first kappa shape index (κ1) is 14.8. The highest BCUT2D eigenvalue weighted by Gasteiger charge is 2.54. The number of benzene rings is 1. The van der Waals surface area contributed by atoms with Gasteiger partial charge >= 0.3 is 12.1 Å². The van der Waals surface area contributed by atoms with Crippen molar-refractivity contribution in [3.05, 3.63) is 35.9 Å². The van der Waals surface area contributed by atoms with Crippen LogP contribution in [0.4, 0.5) is 4.79 Å². The number of carbonyl (C=O) groups excluding carboxylic acids is 1. The summed E-state index contributed by atoms with van der Waals surface area (Å²) in [5, 5.41) is 8.87. The molecule has 1 saturated carbocycles. The Hall–Kier alpha value is -2.08. The Bertz CT molecular complexity index is 555. The number of nitrogens with zero attached hydrogens (tertiary/aromatic N) is 1. The van der Waals surface area contributed by atoms with Crippen LogP contribution in [-0.2, 0) is 20.9 Å². The summed E-state index contributed by atoms with van der Waals surface area (Å²) in [6.07, 6.45) is 0.812. The molecule has 1 aliphatic heterocycles. The molecule has 0 radical (unpaired) electrons. The average Bonchev–Trinajstić information content (AvgIpc) is 3.28. The Balaban J connectivity index is 1.60. The molecule has 1 heterocycles. The maximum atomic E-state index is 12.4. The van der Waals surface area contributed by atoms with Crippen molar-refractivity contribution in [2.24, 2.45) is 0 Å².